The van der Waals surface area contributed by atoms with Crippen molar-refractivity contribution >= 4 is 11.7 Å². The number of aryl methyl sites for hydroxylation is 2. The maximum atomic E-state index is 13.0. The molecule has 1 aliphatic heterocycles. The highest BCUT2D eigenvalue weighted by atomic mass is 16.5. The highest BCUT2D eigenvalue weighted by Crippen LogP contribution is 2.33. The van der Waals surface area contributed by atoms with Crippen LogP contribution >= 0.6 is 0 Å². The van der Waals surface area contributed by atoms with Gasteiger partial charge in [0.05, 0.1) is 18.8 Å². The molecule has 25 heavy (non-hydrogen) atoms. The third-order valence-electron chi connectivity index (χ3n) is 4.93. The summed E-state index contributed by atoms with van der Waals surface area (Å²) in [4.78, 5) is 15.0. The summed E-state index contributed by atoms with van der Waals surface area (Å²) < 4.78 is 7.72. The van der Waals surface area contributed by atoms with Gasteiger partial charge < -0.3 is 19.5 Å². The standard InChI is InChI=1S/C20H27N3O2/c1-5-6-17-18-9-8-15(3)22(18)11-12-23(17)20(24)21-16-13-14(2)7-10-19(16)25-4/h7-10,13,17H,5-6,11-12H2,1-4H3,(H,21,24)/t17-/m1/s1. The first-order valence-corrected chi connectivity index (χ1v) is 8.93. The molecule has 2 heterocycles. The van der Waals surface area contributed by atoms with Crippen LogP contribution in [0.5, 0.6) is 5.75 Å². The van der Waals surface area contributed by atoms with E-state index >= 15 is 0 Å². The van der Waals surface area contributed by atoms with Crippen LogP contribution in [0, 0.1) is 13.8 Å². The first-order chi connectivity index (χ1) is 12.0. The SMILES string of the molecule is CCC[C@@H]1c2ccc(C)n2CCN1C(=O)Nc1cc(C)ccc1OC. The van der Waals surface area contributed by atoms with Crippen LogP contribution < -0.4 is 10.1 Å². The Hall–Kier alpha value is -2.43. The van der Waals surface area contributed by atoms with Crippen LogP contribution in [0.15, 0.2) is 30.3 Å². The minimum atomic E-state index is -0.0625. The molecule has 2 amide bonds. The lowest BCUT2D eigenvalue weighted by Crippen LogP contribution is -2.44. The summed E-state index contributed by atoms with van der Waals surface area (Å²) in [6, 6.07) is 10.2. The van der Waals surface area contributed by atoms with Crippen molar-refractivity contribution in [2.75, 3.05) is 19.0 Å². The van der Waals surface area contributed by atoms with Crippen molar-refractivity contribution in [1.82, 2.24) is 9.47 Å². The van der Waals surface area contributed by atoms with Gasteiger partial charge in [-0.15, -0.1) is 0 Å². The fraction of sp³-hybridized carbons (Fsp3) is 0.450. The van der Waals surface area contributed by atoms with E-state index in [0.29, 0.717) is 12.3 Å². The molecule has 0 bridgehead atoms. The number of nitrogens with one attached hydrogen (secondary N) is 1. The van der Waals surface area contributed by atoms with Gasteiger partial charge in [0.2, 0.25) is 0 Å². The summed E-state index contributed by atoms with van der Waals surface area (Å²) in [7, 11) is 1.62. The monoisotopic (exact) mass is 341 g/mol. The number of urea groups is 1. The van der Waals surface area contributed by atoms with Gasteiger partial charge in [-0.3, -0.25) is 0 Å². The van der Waals surface area contributed by atoms with Gasteiger partial charge >= 0.3 is 6.03 Å². The average Bonchev–Trinajstić information content (AvgIpc) is 2.97. The fourth-order valence-corrected chi connectivity index (χ4v) is 3.64. The van der Waals surface area contributed by atoms with Crippen molar-refractivity contribution in [3.63, 3.8) is 0 Å². The van der Waals surface area contributed by atoms with Gasteiger partial charge in [-0.25, -0.2) is 4.79 Å². The Morgan fingerprint density at radius 1 is 1.24 bits per heavy atom. The number of carbonyl (C=O) groups excluding carboxylic acids is 1. The number of fused-ring (bicyclic) bond motifs is 1. The Morgan fingerprint density at radius 2 is 2.04 bits per heavy atom. The van der Waals surface area contributed by atoms with Crippen LogP contribution in [-0.4, -0.2) is 29.2 Å². The quantitative estimate of drug-likeness (QED) is 0.890. The van der Waals surface area contributed by atoms with Gasteiger partial charge in [0, 0.05) is 24.5 Å². The first kappa shape index (κ1) is 17.4. The minimum Gasteiger partial charge on any atom is -0.495 e. The predicted molar refractivity (Wildman–Crippen MR) is 100 cm³/mol. The van der Waals surface area contributed by atoms with Gasteiger partial charge in [-0.1, -0.05) is 19.4 Å². The van der Waals surface area contributed by atoms with E-state index in [2.05, 4.69) is 35.9 Å². The van der Waals surface area contributed by atoms with E-state index in [4.69, 9.17) is 4.74 Å². The van der Waals surface area contributed by atoms with E-state index in [-0.39, 0.29) is 12.1 Å². The molecule has 1 atom stereocenters. The molecular formula is C20H27N3O2. The lowest BCUT2D eigenvalue weighted by molar-refractivity contribution is 0.162. The second kappa shape index (κ2) is 7.21. The van der Waals surface area contributed by atoms with Gasteiger partial charge in [-0.2, -0.15) is 0 Å². The number of hydrogen-bond acceptors (Lipinski definition) is 2. The molecule has 134 valence electrons. The molecule has 0 saturated heterocycles. The molecule has 1 aliphatic rings. The van der Waals surface area contributed by atoms with Crippen LogP contribution in [0.2, 0.25) is 0 Å². The topological polar surface area (TPSA) is 46.5 Å². The molecule has 5 nitrogen and oxygen atoms in total. The predicted octanol–water partition coefficient (Wildman–Crippen LogP) is 4.50. The van der Waals surface area contributed by atoms with Crippen molar-refractivity contribution in [2.24, 2.45) is 0 Å². The Bertz CT molecular complexity index is 766. The third-order valence-corrected chi connectivity index (χ3v) is 4.93. The molecule has 0 aliphatic carbocycles. The third kappa shape index (κ3) is 3.36. The zero-order valence-electron chi connectivity index (χ0n) is 15.5. The van der Waals surface area contributed by atoms with Crippen LogP contribution in [0.3, 0.4) is 0 Å². The fourth-order valence-electron chi connectivity index (χ4n) is 3.64. The molecule has 3 rings (SSSR count). The van der Waals surface area contributed by atoms with Gasteiger partial charge in [-0.05, 0) is 50.1 Å². The van der Waals surface area contributed by atoms with Crippen molar-refractivity contribution in [3.05, 3.63) is 47.3 Å². The number of ether oxygens (including phenoxy) is 1. The average molecular weight is 341 g/mol. The highest BCUT2D eigenvalue weighted by molar-refractivity contribution is 5.91. The minimum absolute atomic E-state index is 0.0625. The summed E-state index contributed by atoms with van der Waals surface area (Å²) in [5, 5.41) is 3.05. The maximum Gasteiger partial charge on any atom is 0.322 e. The van der Waals surface area contributed by atoms with Crippen LogP contribution in [0.4, 0.5) is 10.5 Å². The Labute approximate surface area is 149 Å². The number of benzene rings is 1. The smallest absolute Gasteiger partial charge is 0.322 e. The second-order valence-corrected chi connectivity index (χ2v) is 6.68. The number of rotatable bonds is 4. The zero-order valence-corrected chi connectivity index (χ0v) is 15.5. The number of hydrogen-bond donors (Lipinski definition) is 1. The summed E-state index contributed by atoms with van der Waals surface area (Å²) in [5.41, 5.74) is 4.30. The summed E-state index contributed by atoms with van der Waals surface area (Å²) in [6.45, 7) is 7.85. The molecule has 1 aromatic carbocycles. The molecule has 0 radical (unpaired) electrons. The lowest BCUT2D eigenvalue weighted by Gasteiger charge is -2.37. The van der Waals surface area contributed by atoms with E-state index < -0.39 is 0 Å². The molecule has 0 fully saturated rings. The second-order valence-electron chi connectivity index (χ2n) is 6.68. The Balaban J connectivity index is 1.85. The van der Waals surface area contributed by atoms with Gasteiger partial charge in [0.1, 0.15) is 5.75 Å². The first-order valence-electron chi connectivity index (χ1n) is 8.93. The van der Waals surface area contributed by atoms with Gasteiger partial charge in [0.25, 0.3) is 0 Å². The van der Waals surface area contributed by atoms with Crippen LogP contribution in [0.1, 0.15) is 42.8 Å². The Kier molecular flexibility index (Phi) is 5.02. The van der Waals surface area contributed by atoms with Crippen LogP contribution in [0.25, 0.3) is 0 Å². The largest absolute Gasteiger partial charge is 0.495 e. The number of amides is 2. The number of methoxy groups -OCH3 is 1. The number of nitrogens with zero attached hydrogens (tertiary/aromatic N) is 2. The van der Waals surface area contributed by atoms with Crippen molar-refractivity contribution in [1.29, 1.82) is 0 Å². The summed E-state index contributed by atoms with van der Waals surface area (Å²) in [6.07, 6.45) is 1.99. The Morgan fingerprint density at radius 3 is 2.76 bits per heavy atom. The highest BCUT2D eigenvalue weighted by Gasteiger charge is 2.31. The molecule has 0 saturated carbocycles. The normalized spacial score (nSPS) is 16.5. The van der Waals surface area contributed by atoms with E-state index in [1.54, 1.807) is 7.11 Å². The number of anilines is 1. The van der Waals surface area contributed by atoms with Gasteiger partial charge in [0.15, 0.2) is 0 Å². The van der Waals surface area contributed by atoms with Crippen molar-refractivity contribution < 1.29 is 9.53 Å². The van der Waals surface area contributed by atoms with Crippen molar-refractivity contribution in [2.45, 2.75) is 46.2 Å². The maximum absolute atomic E-state index is 13.0. The number of carbonyl (C=O) groups is 1. The zero-order chi connectivity index (χ0) is 18.0. The molecule has 2 aromatic rings. The molecule has 5 heteroatoms. The van der Waals surface area contributed by atoms with E-state index in [0.717, 1.165) is 30.6 Å². The van der Waals surface area contributed by atoms with Crippen LogP contribution in [-0.2, 0) is 6.54 Å². The number of aromatic nitrogens is 1. The molecule has 1 N–H and O–H groups in total. The molecule has 0 unspecified atom stereocenters. The summed E-state index contributed by atoms with van der Waals surface area (Å²) >= 11 is 0. The molecule has 1 aromatic heterocycles. The summed E-state index contributed by atoms with van der Waals surface area (Å²) in [5.74, 6) is 0.683. The molecule has 0 spiro atoms. The van der Waals surface area contributed by atoms with Crippen molar-refractivity contribution in [3.8, 4) is 5.75 Å². The molecular weight excluding hydrogens is 314 g/mol. The van der Waals surface area contributed by atoms with E-state index in [1.165, 1.54) is 11.4 Å². The van der Waals surface area contributed by atoms with E-state index in [1.807, 2.05) is 30.0 Å². The van der Waals surface area contributed by atoms with E-state index in [9.17, 15) is 4.79 Å². The lowest BCUT2D eigenvalue weighted by atomic mass is 10.0.